The van der Waals surface area contributed by atoms with Crippen molar-refractivity contribution in [1.82, 2.24) is 5.32 Å². The Kier molecular flexibility index (Phi) is 5.00. The summed E-state index contributed by atoms with van der Waals surface area (Å²) in [5, 5.41) is 13.4. The first-order valence-corrected chi connectivity index (χ1v) is 7.71. The van der Waals surface area contributed by atoms with Crippen molar-refractivity contribution in [2.75, 3.05) is 19.9 Å². The van der Waals surface area contributed by atoms with Gasteiger partial charge < -0.3 is 24.6 Å². The molecule has 1 heterocycles. The fraction of sp³-hybridized carbons (Fsp3) is 0.333. The highest BCUT2D eigenvalue weighted by Crippen LogP contribution is 2.35. The summed E-state index contributed by atoms with van der Waals surface area (Å²) in [6.07, 6.45) is -0.591. The Morgan fingerprint density at radius 2 is 1.91 bits per heavy atom. The Labute approximate surface area is 135 Å². The van der Waals surface area contributed by atoms with Crippen LogP contribution in [0.25, 0.3) is 0 Å². The quantitative estimate of drug-likeness (QED) is 0.822. The fourth-order valence-corrected chi connectivity index (χ4v) is 2.39. The monoisotopic (exact) mass is 315 g/mol. The molecule has 2 aromatic rings. The first-order valence-electron chi connectivity index (χ1n) is 7.71. The molecule has 0 aliphatic carbocycles. The van der Waals surface area contributed by atoms with Gasteiger partial charge in [-0.05, 0) is 24.6 Å². The number of hydrogen-bond donors (Lipinski definition) is 2. The number of rotatable bonds is 7. The summed E-state index contributed by atoms with van der Waals surface area (Å²) in [5.74, 6) is 2.05. The van der Waals surface area contributed by atoms with Crippen LogP contribution in [0.5, 0.6) is 17.2 Å². The van der Waals surface area contributed by atoms with E-state index in [2.05, 4.69) is 24.4 Å². The predicted molar refractivity (Wildman–Crippen MR) is 86.9 cm³/mol. The van der Waals surface area contributed by atoms with Gasteiger partial charge in [0.25, 0.3) is 0 Å². The molecule has 23 heavy (non-hydrogen) atoms. The van der Waals surface area contributed by atoms with Gasteiger partial charge in [0.05, 0.1) is 0 Å². The summed E-state index contributed by atoms with van der Waals surface area (Å²) >= 11 is 0. The van der Waals surface area contributed by atoms with Crippen LogP contribution in [0.3, 0.4) is 0 Å². The Morgan fingerprint density at radius 1 is 1.13 bits per heavy atom. The van der Waals surface area contributed by atoms with Gasteiger partial charge in [-0.15, -0.1) is 0 Å². The molecule has 1 aliphatic heterocycles. The van der Waals surface area contributed by atoms with Gasteiger partial charge in [-0.3, -0.25) is 0 Å². The van der Waals surface area contributed by atoms with E-state index < -0.39 is 6.10 Å². The van der Waals surface area contributed by atoms with Gasteiger partial charge in [-0.2, -0.15) is 0 Å². The summed E-state index contributed by atoms with van der Waals surface area (Å²) in [5.41, 5.74) is 1.19. The molecule has 0 fully saturated rings. The van der Waals surface area contributed by atoms with E-state index in [4.69, 9.17) is 14.2 Å². The van der Waals surface area contributed by atoms with E-state index >= 15 is 0 Å². The smallest absolute Gasteiger partial charge is 0.231 e. The lowest BCUT2D eigenvalue weighted by molar-refractivity contribution is 0.104. The Morgan fingerprint density at radius 3 is 2.74 bits per heavy atom. The summed E-state index contributed by atoms with van der Waals surface area (Å²) in [4.78, 5) is 0. The van der Waals surface area contributed by atoms with E-state index in [9.17, 15) is 5.11 Å². The van der Waals surface area contributed by atoms with E-state index in [1.807, 2.05) is 18.2 Å². The van der Waals surface area contributed by atoms with Crippen LogP contribution in [0.1, 0.15) is 18.5 Å². The van der Waals surface area contributed by atoms with Crippen LogP contribution in [0.4, 0.5) is 0 Å². The first-order chi connectivity index (χ1) is 11.2. The molecule has 122 valence electrons. The molecule has 0 unspecified atom stereocenters. The van der Waals surface area contributed by atoms with Crippen LogP contribution in [-0.2, 0) is 0 Å². The van der Waals surface area contributed by atoms with Crippen LogP contribution in [0.2, 0.25) is 0 Å². The lowest BCUT2D eigenvalue weighted by atomic mass is 10.1. The number of hydrogen-bond acceptors (Lipinski definition) is 5. The summed E-state index contributed by atoms with van der Waals surface area (Å²) < 4.78 is 16.2. The third-order valence-corrected chi connectivity index (χ3v) is 3.75. The topological polar surface area (TPSA) is 60.0 Å². The van der Waals surface area contributed by atoms with Gasteiger partial charge in [0.1, 0.15) is 18.5 Å². The van der Waals surface area contributed by atoms with Crippen molar-refractivity contribution in [1.29, 1.82) is 0 Å². The molecular weight excluding hydrogens is 294 g/mol. The van der Waals surface area contributed by atoms with Gasteiger partial charge in [0.2, 0.25) is 6.79 Å². The van der Waals surface area contributed by atoms with Crippen LogP contribution >= 0.6 is 0 Å². The molecule has 0 aromatic heterocycles. The molecule has 5 heteroatoms. The molecule has 2 atom stereocenters. The Balaban J connectivity index is 1.44. The molecule has 0 saturated carbocycles. The number of nitrogens with one attached hydrogen (secondary N) is 1. The molecule has 0 bridgehead atoms. The molecule has 0 amide bonds. The van der Waals surface area contributed by atoms with Gasteiger partial charge in [0.15, 0.2) is 11.5 Å². The maximum atomic E-state index is 10.1. The number of aliphatic hydroxyl groups excluding tert-OH is 1. The van der Waals surface area contributed by atoms with E-state index in [0.29, 0.717) is 18.0 Å². The SMILES string of the molecule is C[C@H](NC[C@H](O)COc1ccc2c(c1)OCO2)c1ccccc1. The van der Waals surface area contributed by atoms with Crippen molar-refractivity contribution in [2.45, 2.75) is 19.1 Å². The predicted octanol–water partition coefficient (Wildman–Crippen LogP) is 2.51. The second kappa shape index (κ2) is 7.35. The van der Waals surface area contributed by atoms with Crippen molar-refractivity contribution in [3.05, 3.63) is 54.1 Å². The molecule has 2 aromatic carbocycles. The molecule has 0 saturated heterocycles. The maximum absolute atomic E-state index is 10.1. The Bertz CT molecular complexity index is 632. The lowest BCUT2D eigenvalue weighted by Crippen LogP contribution is -2.33. The second-order valence-electron chi connectivity index (χ2n) is 5.52. The van der Waals surface area contributed by atoms with E-state index in [1.54, 1.807) is 18.2 Å². The molecule has 0 spiro atoms. The normalized spacial score (nSPS) is 15.2. The molecule has 2 N–H and O–H groups in total. The fourth-order valence-electron chi connectivity index (χ4n) is 2.39. The highest BCUT2D eigenvalue weighted by molar-refractivity contribution is 5.46. The van der Waals surface area contributed by atoms with E-state index in [0.717, 1.165) is 5.75 Å². The zero-order chi connectivity index (χ0) is 16.1. The van der Waals surface area contributed by atoms with Crippen molar-refractivity contribution in [3.8, 4) is 17.2 Å². The van der Waals surface area contributed by atoms with Crippen LogP contribution in [0, 0.1) is 0 Å². The number of aliphatic hydroxyl groups is 1. The van der Waals surface area contributed by atoms with Gasteiger partial charge in [-0.1, -0.05) is 30.3 Å². The third kappa shape index (κ3) is 4.15. The standard InChI is InChI=1S/C18H21NO4/c1-13(14-5-3-2-4-6-14)19-10-15(20)11-21-16-7-8-17-18(9-16)23-12-22-17/h2-9,13,15,19-20H,10-12H2,1H3/t13-,15-/m0/s1. The molecule has 5 nitrogen and oxygen atoms in total. The molecule has 3 rings (SSSR count). The van der Waals surface area contributed by atoms with Crippen molar-refractivity contribution >= 4 is 0 Å². The largest absolute Gasteiger partial charge is 0.491 e. The molecular formula is C18H21NO4. The minimum Gasteiger partial charge on any atom is -0.491 e. The summed E-state index contributed by atoms with van der Waals surface area (Å²) in [6.45, 7) is 2.98. The van der Waals surface area contributed by atoms with Gasteiger partial charge in [0, 0.05) is 18.7 Å². The average molecular weight is 315 g/mol. The summed E-state index contributed by atoms with van der Waals surface area (Å²) in [6, 6.07) is 15.7. The number of ether oxygens (including phenoxy) is 3. The lowest BCUT2D eigenvalue weighted by Gasteiger charge is -2.18. The molecule has 0 radical (unpaired) electrons. The third-order valence-electron chi connectivity index (χ3n) is 3.75. The van der Waals surface area contributed by atoms with E-state index in [1.165, 1.54) is 5.56 Å². The zero-order valence-electron chi connectivity index (χ0n) is 13.1. The van der Waals surface area contributed by atoms with E-state index in [-0.39, 0.29) is 19.4 Å². The van der Waals surface area contributed by atoms with Crippen molar-refractivity contribution in [3.63, 3.8) is 0 Å². The van der Waals surface area contributed by atoms with Gasteiger partial charge in [-0.25, -0.2) is 0 Å². The highest BCUT2D eigenvalue weighted by Gasteiger charge is 2.14. The second-order valence-corrected chi connectivity index (χ2v) is 5.52. The van der Waals surface area contributed by atoms with Crippen LogP contribution in [-0.4, -0.2) is 31.2 Å². The molecule has 1 aliphatic rings. The maximum Gasteiger partial charge on any atom is 0.231 e. The van der Waals surface area contributed by atoms with Gasteiger partial charge >= 0.3 is 0 Å². The first kappa shape index (κ1) is 15.6. The zero-order valence-corrected chi connectivity index (χ0v) is 13.1. The minimum atomic E-state index is -0.591. The Hall–Kier alpha value is -2.24. The minimum absolute atomic E-state index is 0.177. The van der Waals surface area contributed by atoms with Crippen LogP contribution < -0.4 is 19.5 Å². The van der Waals surface area contributed by atoms with Crippen molar-refractivity contribution < 1.29 is 19.3 Å². The highest BCUT2D eigenvalue weighted by atomic mass is 16.7. The van der Waals surface area contributed by atoms with Crippen molar-refractivity contribution in [2.24, 2.45) is 0 Å². The number of benzene rings is 2. The number of fused-ring (bicyclic) bond motifs is 1. The summed E-state index contributed by atoms with van der Waals surface area (Å²) in [7, 11) is 0. The average Bonchev–Trinajstić information content (AvgIpc) is 3.06. The van der Waals surface area contributed by atoms with Crippen LogP contribution in [0.15, 0.2) is 48.5 Å².